The van der Waals surface area contributed by atoms with Crippen molar-refractivity contribution in [1.29, 1.82) is 0 Å². The van der Waals surface area contributed by atoms with Crippen molar-refractivity contribution in [1.82, 2.24) is 10.3 Å². The van der Waals surface area contributed by atoms with E-state index in [1.807, 2.05) is 6.92 Å². The molecule has 1 aromatic heterocycles. The van der Waals surface area contributed by atoms with Crippen molar-refractivity contribution in [3.63, 3.8) is 0 Å². The van der Waals surface area contributed by atoms with E-state index in [9.17, 15) is 4.79 Å². The Bertz CT molecular complexity index is 612. The van der Waals surface area contributed by atoms with Crippen LogP contribution < -0.4 is 10.1 Å². The number of aromatic nitrogens is 1. The zero-order valence-corrected chi connectivity index (χ0v) is 12.8. The summed E-state index contributed by atoms with van der Waals surface area (Å²) in [7, 11) is 0. The van der Waals surface area contributed by atoms with E-state index in [2.05, 4.69) is 10.3 Å². The molecule has 0 aliphatic carbocycles. The third kappa shape index (κ3) is 4.27. The average Bonchev–Trinajstić information content (AvgIpc) is 2.90. The maximum atomic E-state index is 12.0. The number of rotatable bonds is 6. The maximum Gasteiger partial charge on any atom is 0.261 e. The van der Waals surface area contributed by atoms with Gasteiger partial charge in [0.2, 0.25) is 0 Å². The van der Waals surface area contributed by atoms with Crippen molar-refractivity contribution in [2.45, 2.75) is 33.1 Å². The molecule has 1 atom stereocenters. The second-order valence-electron chi connectivity index (χ2n) is 4.64. The van der Waals surface area contributed by atoms with E-state index in [-0.39, 0.29) is 12.5 Å². The fourth-order valence-electron chi connectivity index (χ4n) is 1.78. The molecule has 0 saturated heterocycles. The first kappa shape index (κ1) is 15.5. The number of thiazole rings is 1. The number of benzene rings is 1. The zero-order valence-electron chi connectivity index (χ0n) is 12.0. The van der Waals surface area contributed by atoms with Gasteiger partial charge < -0.3 is 15.2 Å². The van der Waals surface area contributed by atoms with Crippen LogP contribution in [-0.4, -0.2) is 22.1 Å². The fourth-order valence-corrected chi connectivity index (χ4v) is 2.50. The number of aliphatic hydroxyl groups is 1. The van der Waals surface area contributed by atoms with Gasteiger partial charge in [-0.3, -0.25) is 4.79 Å². The number of amides is 1. The van der Waals surface area contributed by atoms with Crippen LogP contribution in [0.15, 0.2) is 29.8 Å². The highest BCUT2D eigenvalue weighted by Gasteiger charge is 2.15. The van der Waals surface area contributed by atoms with E-state index in [1.165, 1.54) is 11.3 Å². The normalized spacial score (nSPS) is 12.0. The summed E-state index contributed by atoms with van der Waals surface area (Å²) >= 11 is 1.52. The number of hydrogen-bond donors (Lipinski definition) is 2. The monoisotopic (exact) mass is 306 g/mol. The Morgan fingerprint density at radius 3 is 3.00 bits per heavy atom. The second kappa shape index (κ2) is 7.19. The highest BCUT2D eigenvalue weighted by Crippen LogP contribution is 2.15. The number of carbonyl (C=O) groups excluding carboxylic acids is 1. The van der Waals surface area contributed by atoms with E-state index < -0.39 is 6.10 Å². The minimum absolute atomic E-state index is 0.0531. The van der Waals surface area contributed by atoms with Gasteiger partial charge in [-0.25, -0.2) is 4.98 Å². The summed E-state index contributed by atoms with van der Waals surface area (Å²) in [5.74, 6) is 0.385. The van der Waals surface area contributed by atoms with Gasteiger partial charge in [0.1, 0.15) is 5.75 Å². The first-order chi connectivity index (χ1) is 10.1. The van der Waals surface area contributed by atoms with Crippen LogP contribution in [0.5, 0.6) is 5.75 Å². The van der Waals surface area contributed by atoms with E-state index in [1.54, 1.807) is 36.7 Å². The molecule has 1 heterocycles. The lowest BCUT2D eigenvalue weighted by Crippen LogP contribution is -2.35. The first-order valence-corrected chi connectivity index (χ1v) is 7.51. The van der Waals surface area contributed by atoms with Crippen LogP contribution in [0.25, 0.3) is 0 Å². The molecule has 0 fully saturated rings. The van der Waals surface area contributed by atoms with Crippen LogP contribution in [0.3, 0.4) is 0 Å². The summed E-state index contributed by atoms with van der Waals surface area (Å²) in [5, 5.41) is 11.9. The summed E-state index contributed by atoms with van der Waals surface area (Å²) in [4.78, 5) is 17.2. The third-order valence-corrected chi connectivity index (χ3v) is 3.97. The first-order valence-electron chi connectivity index (χ1n) is 6.63. The lowest BCUT2D eigenvalue weighted by molar-refractivity contribution is -0.127. The summed E-state index contributed by atoms with van der Waals surface area (Å²) < 4.78 is 5.58. The molecule has 1 amide bonds. The molecule has 0 spiro atoms. The van der Waals surface area contributed by atoms with E-state index in [0.29, 0.717) is 12.3 Å². The Balaban J connectivity index is 1.88. The van der Waals surface area contributed by atoms with Gasteiger partial charge in [-0.05, 0) is 31.5 Å². The van der Waals surface area contributed by atoms with Crippen LogP contribution in [0.4, 0.5) is 0 Å². The Morgan fingerprint density at radius 1 is 1.52 bits per heavy atom. The number of aliphatic hydroxyl groups excluding tert-OH is 1. The van der Waals surface area contributed by atoms with Gasteiger partial charge in [0.05, 0.1) is 24.4 Å². The Morgan fingerprint density at radius 2 is 2.33 bits per heavy atom. The van der Waals surface area contributed by atoms with Crippen LogP contribution in [0.2, 0.25) is 0 Å². The van der Waals surface area contributed by atoms with Crippen LogP contribution >= 0.6 is 11.3 Å². The Labute approximate surface area is 127 Å². The number of carbonyl (C=O) groups is 1. The highest BCUT2D eigenvalue weighted by molar-refractivity contribution is 7.09. The topological polar surface area (TPSA) is 71.5 Å². The molecular weight excluding hydrogens is 288 g/mol. The Kier molecular flexibility index (Phi) is 5.30. The lowest BCUT2D eigenvalue weighted by atomic mass is 10.2. The standard InChI is InChI=1S/C15H18N2O3S/c1-10-14(21-9-17-10)7-16-15(19)11(2)20-13-5-3-4-12(6-13)8-18/h3-6,9,11,18H,7-8H2,1-2H3,(H,16,19). The molecule has 6 heteroatoms. The van der Waals surface area contributed by atoms with Crippen molar-refractivity contribution >= 4 is 17.2 Å². The van der Waals surface area contributed by atoms with Crippen LogP contribution in [0, 0.1) is 6.92 Å². The van der Waals surface area contributed by atoms with Gasteiger partial charge >= 0.3 is 0 Å². The molecule has 112 valence electrons. The van der Waals surface area contributed by atoms with Crippen molar-refractivity contribution in [2.24, 2.45) is 0 Å². The minimum Gasteiger partial charge on any atom is -0.481 e. The smallest absolute Gasteiger partial charge is 0.261 e. The lowest BCUT2D eigenvalue weighted by Gasteiger charge is -2.15. The van der Waals surface area contributed by atoms with Crippen molar-refractivity contribution < 1.29 is 14.6 Å². The minimum atomic E-state index is -0.604. The van der Waals surface area contributed by atoms with Gasteiger partial charge in [-0.1, -0.05) is 12.1 Å². The number of nitrogens with zero attached hydrogens (tertiary/aromatic N) is 1. The number of ether oxygens (including phenoxy) is 1. The van der Waals surface area contributed by atoms with Gasteiger partial charge in [-0.2, -0.15) is 0 Å². The van der Waals surface area contributed by atoms with Crippen molar-refractivity contribution in [3.8, 4) is 5.75 Å². The van der Waals surface area contributed by atoms with Crippen molar-refractivity contribution in [3.05, 3.63) is 45.9 Å². The average molecular weight is 306 g/mol. The maximum absolute atomic E-state index is 12.0. The van der Waals surface area contributed by atoms with E-state index in [4.69, 9.17) is 9.84 Å². The second-order valence-corrected chi connectivity index (χ2v) is 5.58. The number of aryl methyl sites for hydroxylation is 1. The summed E-state index contributed by atoms with van der Waals surface area (Å²) in [6, 6.07) is 7.06. The molecule has 2 N–H and O–H groups in total. The molecule has 2 rings (SSSR count). The largest absolute Gasteiger partial charge is 0.481 e. The molecule has 0 aliphatic heterocycles. The fraction of sp³-hybridized carbons (Fsp3) is 0.333. The van der Waals surface area contributed by atoms with E-state index in [0.717, 1.165) is 16.1 Å². The molecule has 0 saturated carbocycles. The predicted molar refractivity (Wildman–Crippen MR) is 81.2 cm³/mol. The summed E-state index contributed by atoms with van der Waals surface area (Å²) in [6.45, 7) is 4.01. The summed E-state index contributed by atoms with van der Waals surface area (Å²) in [5.41, 5.74) is 3.45. The molecule has 0 aliphatic rings. The van der Waals surface area contributed by atoms with Crippen LogP contribution in [-0.2, 0) is 17.9 Å². The molecular formula is C15H18N2O3S. The van der Waals surface area contributed by atoms with E-state index >= 15 is 0 Å². The number of hydrogen-bond acceptors (Lipinski definition) is 5. The number of nitrogens with one attached hydrogen (secondary N) is 1. The molecule has 1 unspecified atom stereocenters. The quantitative estimate of drug-likeness (QED) is 0.856. The zero-order chi connectivity index (χ0) is 15.2. The van der Waals surface area contributed by atoms with Gasteiger partial charge in [0.25, 0.3) is 5.91 Å². The Hall–Kier alpha value is -1.92. The van der Waals surface area contributed by atoms with Gasteiger partial charge in [0, 0.05) is 4.88 Å². The highest BCUT2D eigenvalue weighted by atomic mass is 32.1. The molecule has 0 bridgehead atoms. The molecule has 5 nitrogen and oxygen atoms in total. The van der Waals surface area contributed by atoms with Gasteiger partial charge in [0.15, 0.2) is 6.10 Å². The third-order valence-electron chi connectivity index (χ3n) is 3.03. The van der Waals surface area contributed by atoms with Crippen molar-refractivity contribution in [2.75, 3.05) is 0 Å². The molecule has 0 radical (unpaired) electrons. The SMILES string of the molecule is Cc1ncsc1CNC(=O)C(C)Oc1cccc(CO)c1. The molecule has 1 aromatic carbocycles. The van der Waals surface area contributed by atoms with Crippen LogP contribution in [0.1, 0.15) is 23.1 Å². The summed E-state index contributed by atoms with van der Waals surface area (Å²) in [6.07, 6.45) is -0.604. The van der Waals surface area contributed by atoms with Gasteiger partial charge in [-0.15, -0.1) is 11.3 Å². The molecule has 2 aromatic rings. The molecule has 21 heavy (non-hydrogen) atoms. The predicted octanol–water partition coefficient (Wildman–Crippen LogP) is 2.03.